The van der Waals surface area contributed by atoms with Crippen LogP contribution in [0, 0.1) is 0 Å². The second-order valence-corrected chi connectivity index (χ2v) is 19.7. The summed E-state index contributed by atoms with van der Waals surface area (Å²) < 4.78 is 2.75. The maximum atomic E-state index is 13.8. The number of carbonyl (C=O) groups is 1. The van der Waals surface area contributed by atoms with E-state index in [1.165, 1.54) is 5.70 Å². The Kier molecular flexibility index (Phi) is 5.32. The van der Waals surface area contributed by atoms with Gasteiger partial charge in [0, 0.05) is 11.3 Å². The molecule has 1 unspecified atom stereocenters. The van der Waals surface area contributed by atoms with Crippen molar-refractivity contribution in [2.24, 2.45) is 0 Å². The van der Waals surface area contributed by atoms with Gasteiger partial charge in [0.15, 0.2) is 5.78 Å². The lowest BCUT2D eigenvalue weighted by atomic mass is 9.59. The van der Waals surface area contributed by atoms with Gasteiger partial charge in [0.25, 0.3) is 0 Å². The largest absolute Gasteiger partial charge is 0.426 e. The molecule has 0 amide bonds. The molecule has 0 aliphatic heterocycles. The fourth-order valence-electron chi connectivity index (χ4n) is 4.95. The van der Waals surface area contributed by atoms with E-state index < -0.39 is 21.9 Å². The molecule has 0 radical (unpaired) electrons. The van der Waals surface area contributed by atoms with Gasteiger partial charge in [-0.2, -0.15) is 0 Å². The molecule has 0 aromatic heterocycles. The Labute approximate surface area is 172 Å². The number of hydrogen-bond acceptors (Lipinski definition) is 2. The van der Waals surface area contributed by atoms with E-state index in [0.29, 0.717) is 0 Å². The summed E-state index contributed by atoms with van der Waals surface area (Å²) in [6, 6.07) is 20.7. The molecule has 0 spiro atoms. The summed E-state index contributed by atoms with van der Waals surface area (Å²) in [5.41, 5.74) is 3.90. The van der Waals surface area contributed by atoms with E-state index >= 15 is 0 Å². The van der Waals surface area contributed by atoms with Crippen molar-refractivity contribution < 1.29 is 4.79 Å². The van der Waals surface area contributed by atoms with E-state index in [1.807, 2.05) is 24.3 Å². The predicted molar refractivity (Wildman–Crippen MR) is 125 cm³/mol. The zero-order valence-corrected chi connectivity index (χ0v) is 20.3. The first kappa shape index (κ1) is 20.8. The van der Waals surface area contributed by atoms with Gasteiger partial charge in [-0.3, -0.25) is 4.79 Å². The van der Waals surface area contributed by atoms with Crippen LogP contribution in [0.2, 0.25) is 39.3 Å². The van der Waals surface area contributed by atoms with Crippen LogP contribution >= 0.6 is 0 Å². The van der Waals surface area contributed by atoms with Gasteiger partial charge in [0.2, 0.25) is 0 Å². The van der Waals surface area contributed by atoms with Crippen molar-refractivity contribution in [2.75, 3.05) is 0 Å². The van der Waals surface area contributed by atoms with E-state index in [9.17, 15) is 4.79 Å². The first-order valence-corrected chi connectivity index (χ1v) is 17.2. The molecule has 1 aliphatic carbocycles. The summed E-state index contributed by atoms with van der Waals surface area (Å²) in [7, 11) is -3.42. The molecule has 0 bridgehead atoms. The van der Waals surface area contributed by atoms with Crippen LogP contribution in [0.25, 0.3) is 5.57 Å². The van der Waals surface area contributed by atoms with Crippen molar-refractivity contribution in [3.63, 3.8) is 0 Å². The number of nitrogens with zero attached hydrogens (tertiary/aromatic N) is 1. The van der Waals surface area contributed by atoms with Gasteiger partial charge < -0.3 is 4.23 Å². The molecule has 148 valence electrons. The third kappa shape index (κ3) is 3.22. The fourth-order valence-corrected chi connectivity index (χ4v) is 15.0. The van der Waals surface area contributed by atoms with Crippen LogP contribution in [-0.4, -0.2) is 26.5 Å². The number of ketones is 1. The minimum atomic E-state index is -1.71. The van der Waals surface area contributed by atoms with E-state index in [4.69, 9.17) is 0 Å². The topological polar surface area (TPSA) is 20.3 Å². The van der Waals surface area contributed by atoms with Crippen LogP contribution < -0.4 is 0 Å². The van der Waals surface area contributed by atoms with Crippen LogP contribution in [0.15, 0.2) is 66.4 Å². The number of carbonyl (C=O) groups excluding carboxylic acids is 1. The third-order valence-electron chi connectivity index (χ3n) is 5.68. The van der Waals surface area contributed by atoms with Crippen LogP contribution in [0.1, 0.15) is 24.5 Å². The molecule has 2 aromatic rings. The van der Waals surface area contributed by atoms with Crippen molar-refractivity contribution in [3.05, 3.63) is 77.5 Å². The Hall–Kier alpha value is -1.92. The summed E-state index contributed by atoms with van der Waals surface area (Å²) in [6.45, 7) is 16.6. The highest BCUT2D eigenvalue weighted by Crippen LogP contribution is 2.55. The van der Waals surface area contributed by atoms with E-state index in [0.717, 1.165) is 23.1 Å². The van der Waals surface area contributed by atoms with Gasteiger partial charge in [0.05, 0.1) is 5.41 Å². The van der Waals surface area contributed by atoms with Crippen molar-refractivity contribution in [1.29, 1.82) is 0 Å². The van der Waals surface area contributed by atoms with E-state index in [1.54, 1.807) is 0 Å². The maximum absolute atomic E-state index is 13.8. The third-order valence-corrected chi connectivity index (χ3v) is 12.8. The normalized spacial score (nSPS) is 20.2. The Bertz CT molecular complexity index is 878. The molecular formula is C24H33NOSi2. The number of rotatable bonds is 6. The molecule has 0 fully saturated rings. The Balaban J connectivity index is 2.37. The summed E-state index contributed by atoms with van der Waals surface area (Å²) in [6.07, 6.45) is 0.799. The van der Waals surface area contributed by atoms with Crippen molar-refractivity contribution in [1.82, 2.24) is 4.23 Å². The number of hydrogen-bond donors (Lipinski definition) is 0. The quantitative estimate of drug-likeness (QED) is 0.524. The average molecular weight is 408 g/mol. The zero-order valence-electron chi connectivity index (χ0n) is 18.3. The van der Waals surface area contributed by atoms with Gasteiger partial charge in [0.1, 0.15) is 16.5 Å². The Morgan fingerprint density at radius 3 is 1.68 bits per heavy atom. The monoisotopic (exact) mass is 407 g/mol. The molecule has 2 nitrogen and oxygen atoms in total. The summed E-state index contributed by atoms with van der Waals surface area (Å²) in [5, 5.41) is 0. The fraction of sp³-hybridized carbons (Fsp3) is 0.375. The Morgan fingerprint density at radius 1 is 0.786 bits per heavy atom. The highest BCUT2D eigenvalue weighted by Gasteiger charge is 2.58. The Morgan fingerprint density at radius 2 is 1.25 bits per heavy atom. The van der Waals surface area contributed by atoms with Crippen LogP contribution in [0.5, 0.6) is 0 Å². The number of benzene rings is 2. The molecule has 0 saturated heterocycles. The standard InChI is InChI=1S/C24H33NOSi2/c1-8-24(20-17-13-10-14-18-20)22(25(27(2,3)4)28(5,6)7)21(23(24)26)19-15-11-9-12-16-19/h9-18H,8H2,1-7H3. The number of Topliss-reactive ketones (excluding diaryl/α,β-unsaturated/α-hetero) is 1. The highest BCUT2D eigenvalue weighted by atomic mass is 28.4. The lowest BCUT2D eigenvalue weighted by Crippen LogP contribution is -2.66. The van der Waals surface area contributed by atoms with Crippen LogP contribution in [-0.2, 0) is 10.2 Å². The first-order chi connectivity index (χ1) is 13.0. The van der Waals surface area contributed by atoms with Crippen LogP contribution in [0.4, 0.5) is 0 Å². The molecule has 0 N–H and O–H groups in total. The molecule has 0 heterocycles. The predicted octanol–water partition coefficient (Wildman–Crippen LogP) is 6.30. The summed E-state index contributed by atoms with van der Waals surface area (Å²) >= 11 is 0. The zero-order chi connectivity index (χ0) is 20.7. The lowest BCUT2D eigenvalue weighted by Gasteiger charge is -2.57. The molecule has 2 aromatic carbocycles. The van der Waals surface area contributed by atoms with Crippen molar-refractivity contribution >= 4 is 27.8 Å². The van der Waals surface area contributed by atoms with Gasteiger partial charge >= 0.3 is 0 Å². The van der Waals surface area contributed by atoms with Gasteiger partial charge in [-0.1, -0.05) is 107 Å². The minimum absolute atomic E-state index is 0.281. The minimum Gasteiger partial charge on any atom is -0.426 e. The molecule has 4 heteroatoms. The van der Waals surface area contributed by atoms with E-state index in [2.05, 4.69) is 86.8 Å². The number of allylic oxidation sites excluding steroid dienone is 2. The van der Waals surface area contributed by atoms with E-state index in [-0.39, 0.29) is 5.78 Å². The summed E-state index contributed by atoms with van der Waals surface area (Å²) in [5.74, 6) is 0.281. The second kappa shape index (κ2) is 7.16. The highest BCUT2D eigenvalue weighted by molar-refractivity contribution is 6.90. The summed E-state index contributed by atoms with van der Waals surface area (Å²) in [4.78, 5) is 13.8. The molecule has 1 atom stereocenters. The molecular weight excluding hydrogens is 374 g/mol. The smallest absolute Gasteiger partial charge is 0.181 e. The van der Waals surface area contributed by atoms with Crippen LogP contribution in [0.3, 0.4) is 0 Å². The van der Waals surface area contributed by atoms with Crippen molar-refractivity contribution in [3.8, 4) is 0 Å². The second-order valence-electron chi connectivity index (χ2n) is 9.72. The van der Waals surface area contributed by atoms with Gasteiger partial charge in [-0.25, -0.2) is 0 Å². The van der Waals surface area contributed by atoms with Gasteiger partial charge in [-0.15, -0.1) is 0 Å². The van der Waals surface area contributed by atoms with Gasteiger partial charge in [-0.05, 0) is 17.5 Å². The molecule has 3 rings (SSSR count). The molecule has 1 aliphatic rings. The maximum Gasteiger partial charge on any atom is 0.181 e. The first-order valence-electron chi connectivity index (χ1n) is 10.3. The van der Waals surface area contributed by atoms with Crippen molar-refractivity contribution in [2.45, 2.75) is 58.0 Å². The average Bonchev–Trinajstić information content (AvgIpc) is 2.62. The SMILES string of the molecule is CCC1(c2ccccc2)C(=O)C(c2ccccc2)=C1N([Si](C)(C)C)[Si](C)(C)C. The lowest BCUT2D eigenvalue weighted by molar-refractivity contribution is -0.120. The molecule has 0 saturated carbocycles. The molecule has 28 heavy (non-hydrogen) atoms.